The highest BCUT2D eigenvalue weighted by Gasteiger charge is 1.99. The summed E-state index contributed by atoms with van der Waals surface area (Å²) in [5, 5.41) is 1.35. The Kier molecular flexibility index (Phi) is 3.87. The van der Waals surface area contributed by atoms with Crippen molar-refractivity contribution < 1.29 is 0 Å². The summed E-state index contributed by atoms with van der Waals surface area (Å²) in [6.07, 6.45) is 3.00. The zero-order valence-corrected chi connectivity index (χ0v) is 10.2. The van der Waals surface area contributed by atoms with E-state index in [9.17, 15) is 0 Å². The molecule has 0 N–H and O–H groups in total. The standard InChI is InChI=1S/C14H11Cl2/c15-13-8-12(9-14(16)10-13)7-6-11-4-2-1-3-5-11/h1-5,7-10H,6H2. The van der Waals surface area contributed by atoms with Crippen molar-refractivity contribution in [1.82, 2.24) is 0 Å². The molecule has 0 fully saturated rings. The Hall–Kier alpha value is -0.980. The van der Waals surface area contributed by atoms with Gasteiger partial charge in [-0.2, -0.15) is 0 Å². The van der Waals surface area contributed by atoms with Crippen molar-refractivity contribution in [2.45, 2.75) is 6.42 Å². The Labute approximate surface area is 106 Å². The lowest BCUT2D eigenvalue weighted by molar-refractivity contribution is 1.17. The molecule has 0 amide bonds. The van der Waals surface area contributed by atoms with Gasteiger partial charge in [-0.25, -0.2) is 0 Å². The van der Waals surface area contributed by atoms with Gasteiger partial charge >= 0.3 is 0 Å². The van der Waals surface area contributed by atoms with Crippen molar-refractivity contribution >= 4 is 23.2 Å². The van der Waals surface area contributed by atoms with Crippen LogP contribution in [0.15, 0.2) is 48.5 Å². The molecule has 2 heteroatoms. The third-order valence-electron chi connectivity index (χ3n) is 2.30. The zero-order valence-electron chi connectivity index (χ0n) is 8.66. The largest absolute Gasteiger partial charge is 0.0843 e. The molecule has 0 spiro atoms. The Morgan fingerprint density at radius 1 is 0.875 bits per heavy atom. The molecule has 1 radical (unpaired) electrons. The van der Waals surface area contributed by atoms with E-state index in [-0.39, 0.29) is 0 Å². The molecule has 0 aliphatic heterocycles. The average Bonchev–Trinajstić information content (AvgIpc) is 2.27. The van der Waals surface area contributed by atoms with Crippen LogP contribution in [0.3, 0.4) is 0 Å². The molecule has 0 bridgehead atoms. The Morgan fingerprint density at radius 2 is 1.50 bits per heavy atom. The van der Waals surface area contributed by atoms with Gasteiger partial charge in [0.1, 0.15) is 0 Å². The first-order valence-corrected chi connectivity index (χ1v) is 5.83. The van der Waals surface area contributed by atoms with E-state index < -0.39 is 0 Å². The predicted octanol–water partition coefficient (Wildman–Crippen LogP) is 4.79. The maximum absolute atomic E-state index is 5.93. The number of benzene rings is 2. The normalized spacial score (nSPS) is 10.4. The van der Waals surface area contributed by atoms with Crippen LogP contribution in [0, 0.1) is 6.42 Å². The minimum Gasteiger partial charge on any atom is -0.0843 e. The smallest absolute Gasteiger partial charge is 0.0423 e. The summed E-state index contributed by atoms with van der Waals surface area (Å²) in [6.45, 7) is 0. The van der Waals surface area contributed by atoms with Crippen LogP contribution in [0.5, 0.6) is 0 Å². The van der Waals surface area contributed by atoms with E-state index in [1.165, 1.54) is 5.56 Å². The third kappa shape index (κ3) is 3.26. The fraction of sp³-hybridized carbons (Fsp3) is 0.0714. The number of halogens is 2. The first-order valence-electron chi connectivity index (χ1n) is 5.07. The van der Waals surface area contributed by atoms with Crippen molar-refractivity contribution in [3.05, 3.63) is 76.1 Å². The summed E-state index contributed by atoms with van der Waals surface area (Å²) in [5.74, 6) is 0. The lowest BCUT2D eigenvalue weighted by Gasteiger charge is -2.03. The van der Waals surface area contributed by atoms with Gasteiger partial charge in [0.05, 0.1) is 0 Å². The topological polar surface area (TPSA) is 0 Å². The van der Waals surface area contributed by atoms with Crippen molar-refractivity contribution in [3.63, 3.8) is 0 Å². The summed E-state index contributed by atoms with van der Waals surface area (Å²) < 4.78 is 0. The second-order valence-electron chi connectivity index (χ2n) is 3.60. The molecule has 2 aromatic rings. The summed E-state index contributed by atoms with van der Waals surface area (Å²) >= 11 is 11.9. The van der Waals surface area contributed by atoms with E-state index in [0.29, 0.717) is 10.0 Å². The first kappa shape index (κ1) is 11.5. The van der Waals surface area contributed by atoms with E-state index in [4.69, 9.17) is 23.2 Å². The van der Waals surface area contributed by atoms with Gasteiger partial charge in [0, 0.05) is 10.0 Å². The van der Waals surface area contributed by atoms with E-state index in [1.807, 2.05) is 30.3 Å². The van der Waals surface area contributed by atoms with E-state index >= 15 is 0 Å². The van der Waals surface area contributed by atoms with Crippen molar-refractivity contribution in [1.29, 1.82) is 0 Å². The number of hydrogen-bond acceptors (Lipinski definition) is 0. The minimum atomic E-state index is 0.673. The lowest BCUT2D eigenvalue weighted by Crippen LogP contribution is -1.88. The van der Waals surface area contributed by atoms with Crippen LogP contribution in [0.1, 0.15) is 11.1 Å². The molecule has 0 aromatic heterocycles. The number of hydrogen-bond donors (Lipinski definition) is 0. The fourth-order valence-corrected chi connectivity index (χ4v) is 2.09. The van der Waals surface area contributed by atoms with Crippen molar-refractivity contribution in [2.24, 2.45) is 0 Å². The second-order valence-corrected chi connectivity index (χ2v) is 4.47. The molecule has 0 heterocycles. The molecular weight excluding hydrogens is 239 g/mol. The lowest BCUT2D eigenvalue weighted by atomic mass is 10.0. The minimum absolute atomic E-state index is 0.673. The summed E-state index contributed by atoms with van der Waals surface area (Å²) in [7, 11) is 0. The van der Waals surface area contributed by atoms with Gasteiger partial charge in [-0.15, -0.1) is 0 Å². The Bertz CT molecular complexity index is 443. The highest BCUT2D eigenvalue weighted by Crippen LogP contribution is 2.21. The van der Waals surface area contributed by atoms with E-state index in [0.717, 1.165) is 12.0 Å². The van der Waals surface area contributed by atoms with Gasteiger partial charge in [0.25, 0.3) is 0 Å². The first-order chi connectivity index (χ1) is 7.74. The molecule has 2 rings (SSSR count). The second kappa shape index (κ2) is 5.38. The van der Waals surface area contributed by atoms with Gasteiger partial charge in [0.15, 0.2) is 0 Å². The SMILES string of the molecule is Clc1cc(Cl)cc([CH]Cc2ccccc2)c1. The maximum atomic E-state index is 5.93. The molecule has 0 nitrogen and oxygen atoms in total. The average molecular weight is 250 g/mol. The van der Waals surface area contributed by atoms with Crippen LogP contribution < -0.4 is 0 Å². The molecular formula is C14H11Cl2. The molecule has 0 aliphatic carbocycles. The predicted molar refractivity (Wildman–Crippen MR) is 70.0 cm³/mol. The van der Waals surface area contributed by atoms with Crippen molar-refractivity contribution in [2.75, 3.05) is 0 Å². The van der Waals surface area contributed by atoms with Crippen LogP contribution in [-0.4, -0.2) is 0 Å². The van der Waals surface area contributed by atoms with Crippen LogP contribution in [0.2, 0.25) is 10.0 Å². The molecule has 0 atom stereocenters. The summed E-state index contributed by atoms with van der Waals surface area (Å²) in [4.78, 5) is 0. The van der Waals surface area contributed by atoms with E-state index in [2.05, 4.69) is 18.6 Å². The molecule has 0 unspecified atom stereocenters. The van der Waals surface area contributed by atoms with E-state index in [1.54, 1.807) is 6.07 Å². The molecule has 0 aliphatic rings. The van der Waals surface area contributed by atoms with Gasteiger partial charge < -0.3 is 0 Å². The van der Waals surface area contributed by atoms with Crippen LogP contribution >= 0.6 is 23.2 Å². The quantitative estimate of drug-likeness (QED) is 0.734. The Balaban J connectivity index is 2.05. The van der Waals surface area contributed by atoms with Gasteiger partial charge in [-0.3, -0.25) is 0 Å². The highest BCUT2D eigenvalue weighted by atomic mass is 35.5. The summed E-state index contributed by atoms with van der Waals surface area (Å²) in [6, 6.07) is 15.9. The molecule has 0 saturated heterocycles. The monoisotopic (exact) mass is 249 g/mol. The van der Waals surface area contributed by atoms with Crippen LogP contribution in [0.25, 0.3) is 0 Å². The molecule has 16 heavy (non-hydrogen) atoms. The highest BCUT2D eigenvalue weighted by molar-refractivity contribution is 6.34. The van der Waals surface area contributed by atoms with Gasteiger partial charge in [-0.1, -0.05) is 53.5 Å². The molecule has 81 valence electrons. The Morgan fingerprint density at radius 3 is 2.12 bits per heavy atom. The van der Waals surface area contributed by atoms with Gasteiger partial charge in [0.2, 0.25) is 0 Å². The maximum Gasteiger partial charge on any atom is 0.0423 e. The third-order valence-corrected chi connectivity index (χ3v) is 2.74. The fourth-order valence-electron chi connectivity index (χ4n) is 1.54. The van der Waals surface area contributed by atoms with Crippen molar-refractivity contribution in [3.8, 4) is 0 Å². The molecule has 2 aromatic carbocycles. The molecule has 0 saturated carbocycles. The number of rotatable bonds is 3. The zero-order chi connectivity index (χ0) is 11.4. The summed E-state index contributed by atoms with van der Waals surface area (Å²) in [5.41, 5.74) is 2.33. The van der Waals surface area contributed by atoms with Gasteiger partial charge in [-0.05, 0) is 42.2 Å². The van der Waals surface area contributed by atoms with Crippen LogP contribution in [0.4, 0.5) is 0 Å². The van der Waals surface area contributed by atoms with Crippen LogP contribution in [-0.2, 0) is 6.42 Å².